The van der Waals surface area contributed by atoms with Crippen LogP contribution in [-0.2, 0) is 6.42 Å². The average Bonchev–Trinajstić information content (AvgIpc) is 2.39. The van der Waals surface area contributed by atoms with E-state index < -0.39 is 0 Å². The van der Waals surface area contributed by atoms with Gasteiger partial charge in [0.25, 0.3) is 0 Å². The lowest BCUT2D eigenvalue weighted by Gasteiger charge is -2.17. The molecular weight excluding hydrogens is 368 g/mol. The summed E-state index contributed by atoms with van der Waals surface area (Å²) in [5, 5.41) is 3.37. The van der Waals surface area contributed by atoms with Gasteiger partial charge in [-0.05, 0) is 65.1 Å². The van der Waals surface area contributed by atoms with Gasteiger partial charge in [0, 0.05) is 27.4 Å². The molecule has 1 atom stereocenters. The van der Waals surface area contributed by atoms with Gasteiger partial charge in [0.05, 0.1) is 0 Å². The monoisotopic (exact) mass is 382 g/mol. The van der Waals surface area contributed by atoms with Crippen molar-refractivity contribution in [1.82, 2.24) is 10.3 Å². The Kier molecular flexibility index (Phi) is 5.13. The van der Waals surface area contributed by atoms with Crippen LogP contribution < -0.4 is 5.32 Å². The van der Waals surface area contributed by atoms with Crippen molar-refractivity contribution < 1.29 is 0 Å². The van der Waals surface area contributed by atoms with Gasteiger partial charge in [-0.15, -0.1) is 0 Å². The molecule has 1 heterocycles. The largest absolute Gasteiger partial charge is 0.313 e. The quantitative estimate of drug-likeness (QED) is 0.845. The molecule has 1 aromatic heterocycles. The highest BCUT2D eigenvalue weighted by Gasteiger charge is 2.11. The van der Waals surface area contributed by atoms with Gasteiger partial charge in [-0.1, -0.05) is 28.1 Å². The van der Waals surface area contributed by atoms with Crippen LogP contribution in [0.2, 0.25) is 0 Å². The van der Waals surface area contributed by atoms with E-state index in [9.17, 15) is 0 Å². The number of benzene rings is 1. The Hall–Kier alpha value is -0.710. The number of likely N-dealkylation sites (N-methyl/N-ethyl adjacent to an activating group) is 1. The molecule has 2 nitrogen and oxygen atoms in total. The third-order valence-corrected chi connectivity index (χ3v) is 4.44. The normalized spacial score (nSPS) is 12.4. The number of rotatable bonds is 4. The van der Waals surface area contributed by atoms with Crippen LogP contribution in [-0.4, -0.2) is 12.0 Å². The predicted octanol–water partition coefficient (Wildman–Crippen LogP) is 4.42. The van der Waals surface area contributed by atoms with E-state index in [1.165, 1.54) is 16.7 Å². The van der Waals surface area contributed by atoms with Crippen LogP contribution in [0.5, 0.6) is 0 Å². The topological polar surface area (TPSA) is 24.9 Å². The second-order valence-corrected chi connectivity index (χ2v) is 6.34. The molecule has 2 aromatic rings. The van der Waals surface area contributed by atoms with Gasteiger partial charge in [-0.2, -0.15) is 0 Å². The zero-order valence-electron chi connectivity index (χ0n) is 11.0. The molecule has 0 saturated heterocycles. The molecule has 1 N–H and O–H groups in total. The summed E-state index contributed by atoms with van der Waals surface area (Å²) in [7, 11) is 1.99. The molecule has 100 valence electrons. The first-order chi connectivity index (χ1) is 9.10. The van der Waals surface area contributed by atoms with Crippen LogP contribution >= 0.6 is 31.9 Å². The zero-order valence-corrected chi connectivity index (χ0v) is 14.1. The molecule has 0 aliphatic heterocycles. The van der Waals surface area contributed by atoms with E-state index in [1.54, 1.807) is 6.20 Å². The lowest BCUT2D eigenvalue weighted by Crippen LogP contribution is -2.19. The lowest BCUT2D eigenvalue weighted by molar-refractivity contribution is 0.590. The van der Waals surface area contributed by atoms with Crippen molar-refractivity contribution in [2.75, 3.05) is 7.05 Å². The Morgan fingerprint density at radius 3 is 2.63 bits per heavy atom. The highest BCUT2D eigenvalue weighted by molar-refractivity contribution is 9.10. The Morgan fingerprint density at radius 2 is 2.00 bits per heavy atom. The first-order valence-electron chi connectivity index (χ1n) is 6.13. The molecule has 0 radical (unpaired) electrons. The zero-order chi connectivity index (χ0) is 13.8. The molecular formula is C15H16Br2N2. The van der Waals surface area contributed by atoms with Gasteiger partial charge in [0.1, 0.15) is 0 Å². The van der Waals surface area contributed by atoms with Gasteiger partial charge in [-0.3, -0.25) is 4.98 Å². The number of aromatic nitrogens is 1. The number of hydrogen-bond donors (Lipinski definition) is 1. The van der Waals surface area contributed by atoms with E-state index in [1.807, 2.05) is 13.2 Å². The summed E-state index contributed by atoms with van der Waals surface area (Å²) in [6, 6.07) is 8.89. The molecule has 0 amide bonds. The van der Waals surface area contributed by atoms with E-state index in [2.05, 4.69) is 73.3 Å². The second kappa shape index (κ2) is 6.64. The Balaban J connectivity index is 2.22. The number of aryl methyl sites for hydroxylation is 1. The van der Waals surface area contributed by atoms with Gasteiger partial charge in [0.15, 0.2) is 0 Å². The first kappa shape index (κ1) is 14.7. The Bertz CT molecular complexity index is 570. The van der Waals surface area contributed by atoms with Gasteiger partial charge in [0.2, 0.25) is 0 Å². The van der Waals surface area contributed by atoms with Crippen molar-refractivity contribution in [2.45, 2.75) is 19.4 Å². The highest BCUT2D eigenvalue weighted by Crippen LogP contribution is 2.24. The van der Waals surface area contributed by atoms with Gasteiger partial charge in [-0.25, -0.2) is 0 Å². The average molecular weight is 384 g/mol. The van der Waals surface area contributed by atoms with Crippen LogP contribution in [0, 0.1) is 6.92 Å². The smallest absolute Gasteiger partial charge is 0.0410 e. The molecule has 0 bridgehead atoms. The van der Waals surface area contributed by atoms with Crippen molar-refractivity contribution in [3.63, 3.8) is 0 Å². The maximum absolute atomic E-state index is 4.21. The van der Waals surface area contributed by atoms with Crippen molar-refractivity contribution >= 4 is 31.9 Å². The number of hydrogen-bond acceptors (Lipinski definition) is 2. The van der Waals surface area contributed by atoms with Crippen molar-refractivity contribution in [2.24, 2.45) is 0 Å². The van der Waals surface area contributed by atoms with Crippen molar-refractivity contribution in [3.8, 4) is 0 Å². The van der Waals surface area contributed by atoms with Gasteiger partial charge < -0.3 is 5.32 Å². The summed E-state index contributed by atoms with van der Waals surface area (Å²) < 4.78 is 2.17. The molecule has 1 unspecified atom stereocenters. The first-order valence-corrected chi connectivity index (χ1v) is 7.71. The summed E-state index contributed by atoms with van der Waals surface area (Å²) in [5.74, 6) is 0. The van der Waals surface area contributed by atoms with Crippen molar-refractivity contribution in [1.29, 1.82) is 0 Å². The van der Waals surface area contributed by atoms with Crippen LogP contribution in [0.4, 0.5) is 0 Å². The van der Waals surface area contributed by atoms with Crippen LogP contribution in [0.1, 0.15) is 22.7 Å². The lowest BCUT2D eigenvalue weighted by atomic mass is 9.99. The van der Waals surface area contributed by atoms with E-state index in [0.29, 0.717) is 0 Å². The maximum Gasteiger partial charge on any atom is 0.0410 e. The summed E-state index contributed by atoms with van der Waals surface area (Å²) in [4.78, 5) is 4.21. The predicted molar refractivity (Wildman–Crippen MR) is 86.3 cm³/mol. The van der Waals surface area contributed by atoms with E-state index in [0.717, 1.165) is 15.4 Å². The number of nitrogens with zero attached hydrogens (tertiary/aromatic N) is 1. The summed E-state index contributed by atoms with van der Waals surface area (Å²) in [6.45, 7) is 2.10. The number of nitrogens with one attached hydrogen (secondary N) is 1. The highest BCUT2D eigenvalue weighted by atomic mass is 79.9. The summed E-state index contributed by atoms with van der Waals surface area (Å²) >= 11 is 7.05. The molecule has 0 fully saturated rings. The van der Waals surface area contributed by atoms with E-state index in [4.69, 9.17) is 0 Å². The van der Waals surface area contributed by atoms with Crippen LogP contribution in [0.25, 0.3) is 0 Å². The molecule has 4 heteroatoms. The Labute approximate surface area is 130 Å². The minimum Gasteiger partial charge on any atom is -0.313 e. The van der Waals surface area contributed by atoms with Crippen molar-refractivity contribution in [3.05, 3.63) is 62.3 Å². The molecule has 0 saturated carbocycles. The van der Waals surface area contributed by atoms with Gasteiger partial charge >= 0.3 is 0 Å². The minimum absolute atomic E-state index is 0.285. The third-order valence-electron chi connectivity index (χ3n) is 3.15. The van der Waals surface area contributed by atoms with E-state index in [-0.39, 0.29) is 6.04 Å². The minimum atomic E-state index is 0.285. The molecule has 0 spiro atoms. The van der Waals surface area contributed by atoms with Crippen LogP contribution in [0.3, 0.4) is 0 Å². The van der Waals surface area contributed by atoms with E-state index >= 15 is 0 Å². The Morgan fingerprint density at radius 1 is 1.21 bits per heavy atom. The van der Waals surface area contributed by atoms with Crippen LogP contribution in [0.15, 0.2) is 45.6 Å². The summed E-state index contributed by atoms with van der Waals surface area (Å²) in [5.41, 5.74) is 3.74. The molecule has 0 aliphatic rings. The molecule has 2 rings (SSSR count). The maximum atomic E-state index is 4.21. The molecule has 19 heavy (non-hydrogen) atoms. The SMILES string of the molecule is CNC(Cc1cncc(Br)c1)c1ccc(C)c(Br)c1. The fourth-order valence-electron chi connectivity index (χ4n) is 2.02. The third kappa shape index (κ3) is 3.88. The fraction of sp³-hybridized carbons (Fsp3) is 0.267. The number of halogens is 2. The second-order valence-electron chi connectivity index (χ2n) is 4.57. The molecule has 1 aromatic carbocycles. The fourth-order valence-corrected chi connectivity index (χ4v) is 2.82. The number of pyridine rings is 1. The summed E-state index contributed by atoms with van der Waals surface area (Å²) in [6.07, 6.45) is 4.64. The molecule has 0 aliphatic carbocycles. The standard InChI is InChI=1S/C15H16Br2N2/c1-10-3-4-12(7-14(10)17)15(18-2)6-11-5-13(16)9-19-8-11/h3-5,7-9,15,18H,6H2,1-2H3.